The van der Waals surface area contributed by atoms with Crippen LogP contribution in [0, 0.1) is 56.2 Å². The Balaban J connectivity index is 0.742. The summed E-state index contributed by atoms with van der Waals surface area (Å²) in [7, 11) is 0. The van der Waals surface area contributed by atoms with Crippen LogP contribution in [0.1, 0.15) is 121 Å². The fraction of sp³-hybridized carbons (Fsp3) is 0.927. The molecule has 13 fully saturated rings. The number of carboxylic acid groups (broad SMARTS) is 1. The van der Waals surface area contributed by atoms with Gasteiger partial charge in [0.25, 0.3) is 0 Å². The van der Waals surface area contributed by atoms with Crippen LogP contribution in [0.3, 0.4) is 0 Å². The highest BCUT2D eigenvalue weighted by Gasteiger charge is 2.74. The number of aliphatic hydroxyl groups excluding tert-OH is 21. The molecule has 726 valence electrons. The molecule has 9 heterocycles. The number of aldehydes is 1. The number of carboxylic acids is 1. The van der Waals surface area contributed by atoms with Crippen molar-refractivity contribution in [3.05, 3.63) is 12.2 Å². The maximum atomic E-state index is 16.4. The second kappa shape index (κ2) is 38.1. The Hall–Kier alpha value is -3.70. The summed E-state index contributed by atoms with van der Waals surface area (Å²) in [5.41, 5.74) is -6.34. The van der Waals surface area contributed by atoms with E-state index in [0.717, 1.165) is 13.2 Å². The van der Waals surface area contributed by atoms with Crippen LogP contribution in [0.15, 0.2) is 12.2 Å². The van der Waals surface area contributed by atoms with Gasteiger partial charge in [-0.15, -0.1) is 0 Å². The maximum Gasteiger partial charge on any atom is 0.335 e. The van der Waals surface area contributed by atoms with E-state index in [1.165, 1.54) is 20.8 Å². The van der Waals surface area contributed by atoms with Gasteiger partial charge in [0.05, 0.1) is 74.4 Å². The van der Waals surface area contributed by atoms with Gasteiger partial charge in [-0.25, -0.2) is 4.79 Å². The summed E-state index contributed by atoms with van der Waals surface area (Å²) in [6.07, 6.45) is -72.0. The number of allylic oxidation sites excluding steroid dienone is 2. The Bertz CT molecular complexity index is 3800. The third-order valence-corrected chi connectivity index (χ3v) is 30.6. The lowest BCUT2D eigenvalue weighted by Crippen LogP contribution is -2.70. The molecular weight excluding hydrogens is 1700 g/mol. The maximum absolute atomic E-state index is 16.4. The molecule has 4 saturated carbocycles. The van der Waals surface area contributed by atoms with E-state index in [-0.39, 0.29) is 25.7 Å². The van der Waals surface area contributed by atoms with E-state index in [0.29, 0.717) is 25.7 Å². The molecule has 9 saturated heterocycles. The lowest BCUT2D eigenvalue weighted by molar-refractivity contribution is -0.392. The van der Waals surface area contributed by atoms with Crippen LogP contribution in [0.25, 0.3) is 0 Å². The van der Waals surface area contributed by atoms with Crippen LogP contribution >= 0.6 is 0 Å². The molecule has 0 amide bonds. The minimum Gasteiger partial charge on any atom is -0.479 e. The van der Waals surface area contributed by atoms with Gasteiger partial charge in [0.2, 0.25) is 6.29 Å². The number of aliphatic carboxylic acids is 1. The number of carbonyl (C=O) groups excluding carboxylic acids is 3. The molecule has 0 bridgehead atoms. The van der Waals surface area contributed by atoms with E-state index in [9.17, 15) is 127 Å². The molecule has 9 aliphatic heterocycles. The van der Waals surface area contributed by atoms with Gasteiger partial charge in [-0.2, -0.15) is 0 Å². The highest BCUT2D eigenvalue weighted by atomic mass is 16.8. The molecule has 22 N–H and O–H groups in total. The van der Waals surface area contributed by atoms with Gasteiger partial charge in [-0.05, 0) is 117 Å². The summed E-state index contributed by atoms with van der Waals surface area (Å²) in [6.45, 7) is 14.0. The molecule has 0 radical (unpaired) electrons. The Morgan fingerprint density at radius 3 is 1.43 bits per heavy atom. The number of aliphatic hydroxyl groups is 21. The van der Waals surface area contributed by atoms with Crippen molar-refractivity contribution in [1.82, 2.24) is 0 Å². The van der Waals surface area contributed by atoms with Gasteiger partial charge >= 0.3 is 17.9 Å². The molecule has 127 heavy (non-hydrogen) atoms. The van der Waals surface area contributed by atoms with Crippen molar-refractivity contribution in [2.75, 3.05) is 33.0 Å². The van der Waals surface area contributed by atoms with Gasteiger partial charge < -0.3 is 207 Å². The topological polar surface area (TPSA) is 689 Å². The Labute approximate surface area is 729 Å². The Kier molecular flexibility index (Phi) is 29.8. The molecule has 45 heteroatoms. The van der Waals surface area contributed by atoms with E-state index in [2.05, 4.69) is 32.9 Å². The number of esters is 2. The van der Waals surface area contributed by atoms with Crippen molar-refractivity contribution in [2.45, 2.75) is 385 Å². The second-order valence-corrected chi connectivity index (χ2v) is 38.9. The van der Waals surface area contributed by atoms with Gasteiger partial charge in [0.15, 0.2) is 68.6 Å². The lowest BCUT2D eigenvalue weighted by atomic mass is 9.32. The van der Waals surface area contributed by atoms with Gasteiger partial charge in [0.1, 0.15) is 165 Å². The lowest BCUT2D eigenvalue weighted by Gasteiger charge is -2.72. The number of ether oxygens (including phenoxy) is 19. The fourth-order valence-electron chi connectivity index (χ4n) is 23.0. The zero-order valence-corrected chi connectivity index (χ0v) is 71.8. The quantitative estimate of drug-likeness (QED) is 0.0207. The van der Waals surface area contributed by atoms with Crippen molar-refractivity contribution in [2.24, 2.45) is 56.2 Å². The van der Waals surface area contributed by atoms with Crippen LogP contribution in [-0.4, -0.2) is 434 Å². The van der Waals surface area contributed by atoms with Crippen molar-refractivity contribution in [3.8, 4) is 0 Å². The highest BCUT2D eigenvalue weighted by molar-refractivity contribution is 5.79. The summed E-state index contributed by atoms with van der Waals surface area (Å²) in [5, 5.41) is 246. The van der Waals surface area contributed by atoms with E-state index >= 15 is 4.79 Å². The van der Waals surface area contributed by atoms with E-state index in [4.69, 9.17) is 90.0 Å². The molecule has 52 atom stereocenters. The number of carbonyl (C=O) groups is 4. The number of fused-ring (bicyclic) bond motifs is 7. The summed E-state index contributed by atoms with van der Waals surface area (Å²) in [5.74, 6) is -5.95. The van der Waals surface area contributed by atoms with E-state index < -0.39 is 371 Å². The number of hydrogen-bond donors (Lipinski definition) is 22. The average Bonchev–Trinajstić information content (AvgIpc) is 0.668. The molecule has 0 aromatic heterocycles. The molecule has 0 aromatic carbocycles. The van der Waals surface area contributed by atoms with Crippen molar-refractivity contribution < 1.29 is 222 Å². The monoisotopic (exact) mass is 1830 g/mol. The van der Waals surface area contributed by atoms with Gasteiger partial charge in [0, 0.05) is 6.92 Å². The van der Waals surface area contributed by atoms with Crippen LogP contribution in [0.5, 0.6) is 0 Å². The molecule has 0 aromatic rings. The van der Waals surface area contributed by atoms with Crippen LogP contribution in [0.2, 0.25) is 0 Å². The van der Waals surface area contributed by atoms with Crippen LogP contribution in [0.4, 0.5) is 0 Å². The summed E-state index contributed by atoms with van der Waals surface area (Å²) in [4.78, 5) is 56.5. The Morgan fingerprint density at radius 2 is 0.874 bits per heavy atom. The summed E-state index contributed by atoms with van der Waals surface area (Å²) < 4.78 is 115. The third kappa shape index (κ3) is 17.9. The molecule has 0 spiro atoms. The largest absolute Gasteiger partial charge is 0.479 e. The Morgan fingerprint density at radius 1 is 0.409 bits per heavy atom. The van der Waals surface area contributed by atoms with Crippen molar-refractivity contribution in [3.63, 3.8) is 0 Å². The third-order valence-electron chi connectivity index (χ3n) is 30.6. The van der Waals surface area contributed by atoms with Crippen LogP contribution in [-0.2, 0) is 109 Å². The normalized spacial score (nSPS) is 54.8. The smallest absolute Gasteiger partial charge is 0.335 e. The molecule has 0 unspecified atom stereocenters. The first-order valence-corrected chi connectivity index (χ1v) is 43.6. The highest BCUT2D eigenvalue weighted by Crippen LogP contribution is 2.76. The summed E-state index contributed by atoms with van der Waals surface area (Å²) >= 11 is 0. The first-order valence-electron chi connectivity index (χ1n) is 43.6. The van der Waals surface area contributed by atoms with Gasteiger partial charge in [-0.3, -0.25) is 9.59 Å². The molecule has 14 rings (SSSR count). The van der Waals surface area contributed by atoms with E-state index in [1.807, 2.05) is 13.8 Å². The van der Waals surface area contributed by atoms with Crippen LogP contribution < -0.4 is 0 Å². The van der Waals surface area contributed by atoms with Crippen molar-refractivity contribution in [1.29, 1.82) is 0 Å². The van der Waals surface area contributed by atoms with Gasteiger partial charge in [-0.1, -0.05) is 53.7 Å². The molecule has 5 aliphatic carbocycles. The first kappa shape index (κ1) is 99.3. The number of rotatable bonds is 22. The number of hydrogen-bond acceptors (Lipinski definition) is 44. The zero-order chi connectivity index (χ0) is 92.6. The molecular formula is C82H128O45. The first-order chi connectivity index (χ1) is 59.6. The zero-order valence-electron chi connectivity index (χ0n) is 71.8. The second-order valence-electron chi connectivity index (χ2n) is 38.9. The summed E-state index contributed by atoms with van der Waals surface area (Å²) in [6, 6.07) is 0. The average molecular weight is 1830 g/mol. The predicted octanol–water partition coefficient (Wildman–Crippen LogP) is -8.61. The minimum absolute atomic E-state index is 0.0212. The fourth-order valence-corrected chi connectivity index (χ4v) is 23.0. The SMILES string of the molecule is CC(=O)O[C@H]1[C@H](O[C@@H]2OC[C@@H](O)[C@H](O)[C@H]2O)[C@@H](O)[C@H](O[C@@H]2[C@H](O)[C@@H](O[C@@H]3O[C@@H](C)[C@H](O[C@@H]4OC[C@@H](O)[C@H](O[C@@H]5OC[C@@H](O)[C@H](O)[C@H]5O)[C@H]4O)[C@@H](O)[C@H]3O)[C@H](OC(=O)[C@]34CCC(C)(C)C[C@H]3[C@H]3C=C[C@@H]5[C@@]6(C)CC[C@H](O[C@@H]7O[C@H](C(=O)O)[C@@H](O)[C@H](O[C@@H]8OC[C@@H](O)[C@H](O)[C@H]8O)[C@H]7O[C@@H]7O[C@H](CO)[C@H](O)[C@H](O)[C@H]7O)[C@@](C)(C=O)[C@@H]6CC[C@@]5(C)[C@]3(C)C[C@H]4O)O[C@@H]2C)O[C@@H]1C. The van der Waals surface area contributed by atoms with Crippen molar-refractivity contribution >= 4 is 24.2 Å². The van der Waals surface area contributed by atoms with E-state index in [1.54, 1.807) is 6.92 Å². The molecule has 14 aliphatic rings. The standard InChI is InChI=1S/C82H128O45/c1-27-57(119-70-55(104)60(36(89)25-112-70)121-67-48(97)42(91)33(86)22-109-67)47(96)52(101)71(113-27)125-64-53(102)58(120-73-56(105)62(59(29(3)114-73)116-30(4)85)123-69-50(99)44(93)35(88)24-111-69)28(2)115-74(64)127-76(108)82-18-17-77(5,6)19-32(82)31-11-12-39-78(7)15-14-41(79(8,26-84)38(78)13-16-80(39,9)81(31,10)20-40(82)90)118-75-65(126-72-51(100)46(95)45(94)37(21-83)117-72)61(54(103)63(124-75)66(106)107)122-68-49(98)43(92)34(87)23-110-68/h11-12,26-29,31-65,67-75,83,86-105H,13-25H2,1-10H3,(H,106,107)/t27-,28+,29+,31+,32-,33+,34+,35+,36+,37+,38+,39+,40+,41-,42-,43-,44-,45-,46-,47-,48+,49+,50+,51+,52+,53-,54-,55+,56+,57-,58-,59+,60-,61-,62+,63-,64+,65+,67-,68-,69-,70-,71-,72-,73-,74-,75+,78-,79-,80+,81+,82+/m0/s1. The molecule has 45 nitrogen and oxygen atoms in total. The predicted molar refractivity (Wildman–Crippen MR) is 410 cm³/mol. The minimum atomic E-state index is -2.26.